The van der Waals surface area contributed by atoms with Crippen molar-refractivity contribution >= 4 is 17.6 Å². The minimum atomic E-state index is -0.772. The summed E-state index contributed by atoms with van der Waals surface area (Å²) in [6.07, 6.45) is 0. The first-order valence-electron chi connectivity index (χ1n) is 3.26. The molecule has 0 aromatic carbocycles. The Morgan fingerprint density at radius 3 is 2.92 bits per heavy atom. The van der Waals surface area contributed by atoms with Crippen LogP contribution < -0.4 is 4.89 Å². The van der Waals surface area contributed by atoms with E-state index >= 15 is 0 Å². The summed E-state index contributed by atoms with van der Waals surface area (Å²) >= 11 is 5.53. The number of pyridine rings is 1. The van der Waals surface area contributed by atoms with Crippen molar-refractivity contribution in [3.63, 3.8) is 0 Å². The fraction of sp³-hybridized carbons (Fsp3) is 0.143. The average Bonchev–Trinajstić information content (AvgIpc) is 2.06. The van der Waals surface area contributed by atoms with Crippen LogP contribution in [0.2, 0.25) is 5.02 Å². The Labute approximate surface area is 78.2 Å². The summed E-state index contributed by atoms with van der Waals surface area (Å²) in [6.45, 7) is 1.13. The maximum atomic E-state index is 12.5. The van der Waals surface area contributed by atoms with E-state index in [-0.39, 0.29) is 10.9 Å². The molecule has 0 atom stereocenters. The Bertz CT molecular complexity index is 332. The number of hydrogen-bond donors (Lipinski definition) is 0. The largest absolute Gasteiger partial charge is 0.352 e. The number of carbonyl (C=O) groups excluding carboxylic acids is 1. The van der Waals surface area contributed by atoms with E-state index in [9.17, 15) is 9.18 Å². The summed E-state index contributed by atoms with van der Waals surface area (Å²) in [4.78, 5) is 22.0. The molecule has 1 rings (SSSR count). The molecule has 0 amide bonds. The minimum absolute atomic E-state index is 0.0580. The Morgan fingerprint density at radius 2 is 2.31 bits per heavy atom. The standard InChI is InChI=1S/C7H5ClFNO3/c1-4(11)12-13-7-5(8)2-3-6(9)10-7/h2-3H,1H3. The molecule has 0 fully saturated rings. The van der Waals surface area contributed by atoms with Gasteiger partial charge in [-0.15, -0.1) is 0 Å². The van der Waals surface area contributed by atoms with Gasteiger partial charge in [-0.3, -0.25) is 4.89 Å². The second kappa shape index (κ2) is 4.04. The van der Waals surface area contributed by atoms with Gasteiger partial charge in [-0.2, -0.15) is 9.37 Å². The lowest BCUT2D eigenvalue weighted by Crippen LogP contribution is -2.04. The average molecular weight is 206 g/mol. The summed E-state index contributed by atoms with van der Waals surface area (Å²) in [6, 6.07) is 2.30. The molecule has 0 saturated heterocycles. The van der Waals surface area contributed by atoms with Gasteiger partial charge >= 0.3 is 5.97 Å². The van der Waals surface area contributed by atoms with Crippen LogP contribution >= 0.6 is 11.6 Å². The van der Waals surface area contributed by atoms with Gasteiger partial charge in [0.1, 0.15) is 5.02 Å². The molecule has 0 saturated carbocycles. The molecule has 1 heterocycles. The van der Waals surface area contributed by atoms with E-state index in [1.807, 2.05) is 0 Å². The number of nitrogens with zero attached hydrogens (tertiary/aromatic N) is 1. The number of aromatic nitrogens is 1. The minimum Gasteiger partial charge on any atom is -0.264 e. The monoisotopic (exact) mass is 205 g/mol. The normalized spacial score (nSPS) is 9.46. The summed E-state index contributed by atoms with van der Waals surface area (Å²) in [5.74, 6) is -1.73. The van der Waals surface area contributed by atoms with Crippen molar-refractivity contribution in [3.05, 3.63) is 23.1 Å². The molecule has 0 N–H and O–H groups in total. The molecule has 0 aliphatic carbocycles. The van der Waals surface area contributed by atoms with Crippen LogP contribution in [-0.2, 0) is 9.68 Å². The first kappa shape index (κ1) is 9.73. The lowest BCUT2D eigenvalue weighted by atomic mass is 10.5. The molecule has 0 aliphatic rings. The quantitative estimate of drug-likeness (QED) is 0.419. The van der Waals surface area contributed by atoms with Crippen molar-refractivity contribution in [1.29, 1.82) is 0 Å². The Hall–Kier alpha value is -1.36. The van der Waals surface area contributed by atoms with Crippen LogP contribution in [0.1, 0.15) is 6.92 Å². The summed E-state index contributed by atoms with van der Waals surface area (Å²) < 4.78 is 12.5. The SMILES string of the molecule is CC(=O)OOc1nc(F)ccc1Cl. The molecule has 0 spiro atoms. The molecule has 0 unspecified atom stereocenters. The summed E-state index contributed by atoms with van der Waals surface area (Å²) in [5, 5.41) is 0.0580. The third-order valence-corrected chi connectivity index (χ3v) is 1.31. The van der Waals surface area contributed by atoms with Gasteiger partial charge in [0.25, 0.3) is 5.88 Å². The van der Waals surface area contributed by atoms with Crippen molar-refractivity contribution < 1.29 is 19.0 Å². The molecular weight excluding hydrogens is 201 g/mol. The predicted molar refractivity (Wildman–Crippen MR) is 41.6 cm³/mol. The predicted octanol–water partition coefficient (Wildman–Crippen LogP) is 1.73. The van der Waals surface area contributed by atoms with Crippen molar-refractivity contribution in [2.75, 3.05) is 0 Å². The molecular formula is C7H5ClFNO3. The number of halogens is 2. The van der Waals surface area contributed by atoms with Gasteiger partial charge in [0, 0.05) is 6.92 Å². The van der Waals surface area contributed by atoms with Crippen molar-refractivity contribution in [2.24, 2.45) is 0 Å². The highest BCUT2D eigenvalue weighted by Crippen LogP contribution is 2.21. The first-order valence-corrected chi connectivity index (χ1v) is 3.64. The van der Waals surface area contributed by atoms with Crippen molar-refractivity contribution in [3.8, 4) is 5.88 Å². The molecule has 4 nitrogen and oxygen atoms in total. The molecule has 0 aliphatic heterocycles. The molecule has 13 heavy (non-hydrogen) atoms. The summed E-state index contributed by atoms with van der Waals surface area (Å²) in [5.41, 5.74) is 0. The topological polar surface area (TPSA) is 48.4 Å². The van der Waals surface area contributed by atoms with Crippen LogP contribution in [0.5, 0.6) is 5.88 Å². The molecule has 6 heteroatoms. The van der Waals surface area contributed by atoms with Gasteiger partial charge < -0.3 is 0 Å². The van der Waals surface area contributed by atoms with Crippen molar-refractivity contribution in [2.45, 2.75) is 6.92 Å². The zero-order chi connectivity index (χ0) is 9.84. The van der Waals surface area contributed by atoms with Gasteiger partial charge in [-0.05, 0) is 12.1 Å². The molecule has 1 aromatic rings. The highest BCUT2D eigenvalue weighted by atomic mass is 35.5. The van der Waals surface area contributed by atoms with E-state index in [0.717, 1.165) is 13.0 Å². The Morgan fingerprint density at radius 1 is 1.62 bits per heavy atom. The molecule has 0 bridgehead atoms. The van der Waals surface area contributed by atoms with Gasteiger partial charge in [0.2, 0.25) is 5.95 Å². The van der Waals surface area contributed by atoms with E-state index < -0.39 is 11.9 Å². The Balaban J connectivity index is 2.75. The smallest absolute Gasteiger partial charge is 0.264 e. The second-order valence-electron chi connectivity index (χ2n) is 2.08. The van der Waals surface area contributed by atoms with Crippen LogP contribution in [0.25, 0.3) is 0 Å². The maximum absolute atomic E-state index is 12.5. The van der Waals surface area contributed by atoms with E-state index in [4.69, 9.17) is 11.6 Å². The lowest BCUT2D eigenvalue weighted by Gasteiger charge is -2.02. The fourth-order valence-corrected chi connectivity index (χ4v) is 0.694. The number of rotatable bonds is 2. The number of hydrogen-bond acceptors (Lipinski definition) is 4. The van der Waals surface area contributed by atoms with Crippen LogP contribution in [0.15, 0.2) is 12.1 Å². The van der Waals surface area contributed by atoms with Crippen LogP contribution in [-0.4, -0.2) is 11.0 Å². The molecule has 0 radical (unpaired) electrons. The first-order chi connectivity index (χ1) is 6.09. The molecule has 70 valence electrons. The van der Waals surface area contributed by atoms with E-state index in [1.54, 1.807) is 0 Å². The van der Waals surface area contributed by atoms with Gasteiger partial charge in [-0.25, -0.2) is 9.68 Å². The fourth-order valence-electron chi connectivity index (χ4n) is 0.557. The highest BCUT2D eigenvalue weighted by Gasteiger charge is 2.07. The highest BCUT2D eigenvalue weighted by molar-refractivity contribution is 6.31. The van der Waals surface area contributed by atoms with E-state index in [2.05, 4.69) is 14.8 Å². The van der Waals surface area contributed by atoms with Crippen molar-refractivity contribution in [1.82, 2.24) is 4.98 Å². The second-order valence-corrected chi connectivity index (χ2v) is 2.49. The third-order valence-electron chi connectivity index (χ3n) is 1.02. The van der Waals surface area contributed by atoms with Crippen LogP contribution in [0, 0.1) is 5.95 Å². The van der Waals surface area contributed by atoms with Gasteiger partial charge in [0.15, 0.2) is 0 Å². The molecule has 1 aromatic heterocycles. The van der Waals surface area contributed by atoms with Gasteiger partial charge in [-0.1, -0.05) is 11.6 Å². The lowest BCUT2D eigenvalue weighted by molar-refractivity contribution is -0.212. The zero-order valence-corrected chi connectivity index (χ0v) is 7.34. The van der Waals surface area contributed by atoms with Gasteiger partial charge in [0.05, 0.1) is 0 Å². The number of carbonyl (C=O) groups is 1. The summed E-state index contributed by atoms with van der Waals surface area (Å²) in [7, 11) is 0. The third kappa shape index (κ3) is 2.87. The van der Waals surface area contributed by atoms with E-state index in [0.29, 0.717) is 0 Å². The van der Waals surface area contributed by atoms with Crippen LogP contribution in [0.4, 0.5) is 4.39 Å². The Kier molecular flexibility index (Phi) is 3.02. The zero-order valence-electron chi connectivity index (χ0n) is 6.58. The maximum Gasteiger partial charge on any atom is 0.352 e. The van der Waals surface area contributed by atoms with E-state index in [1.165, 1.54) is 6.07 Å². The van der Waals surface area contributed by atoms with Crippen LogP contribution in [0.3, 0.4) is 0 Å².